The zero-order valence-electron chi connectivity index (χ0n) is 16.5. The molecule has 0 aromatic heterocycles. The third-order valence-corrected chi connectivity index (χ3v) is 4.43. The molecule has 0 saturated carbocycles. The lowest BCUT2D eigenvalue weighted by molar-refractivity contribution is 0.298. The number of benzene rings is 2. The van der Waals surface area contributed by atoms with Gasteiger partial charge in [-0.25, -0.2) is 4.39 Å². The van der Waals surface area contributed by atoms with Crippen LogP contribution >= 0.6 is 0 Å². The van der Waals surface area contributed by atoms with Crippen LogP contribution in [0.1, 0.15) is 17.2 Å². The van der Waals surface area contributed by atoms with Crippen molar-refractivity contribution in [3.63, 3.8) is 0 Å². The standard InChI is InChI=1S/C21H29FN4O/c1-23-21(24-14-13-16-5-11-19(27-4)12-6-16)25-15-20(26(2)3)17-7-9-18(22)10-8-17/h5-12,20H,13-15H2,1-4H3,(H2,23,24,25). The molecule has 2 N–H and O–H groups in total. The van der Waals surface area contributed by atoms with Gasteiger partial charge in [0.1, 0.15) is 11.6 Å². The molecule has 6 heteroatoms. The Morgan fingerprint density at radius 1 is 1.07 bits per heavy atom. The van der Waals surface area contributed by atoms with Crippen molar-refractivity contribution >= 4 is 5.96 Å². The van der Waals surface area contributed by atoms with E-state index in [-0.39, 0.29) is 11.9 Å². The average molecular weight is 372 g/mol. The maximum atomic E-state index is 13.2. The van der Waals surface area contributed by atoms with Gasteiger partial charge in [0, 0.05) is 20.1 Å². The van der Waals surface area contributed by atoms with Crippen LogP contribution in [0.5, 0.6) is 5.75 Å². The van der Waals surface area contributed by atoms with Gasteiger partial charge in [-0.2, -0.15) is 0 Å². The van der Waals surface area contributed by atoms with E-state index >= 15 is 0 Å². The predicted octanol–water partition coefficient (Wildman–Crippen LogP) is 2.84. The smallest absolute Gasteiger partial charge is 0.191 e. The second-order valence-corrected chi connectivity index (χ2v) is 6.51. The van der Waals surface area contributed by atoms with Crippen LogP contribution in [0.2, 0.25) is 0 Å². The highest BCUT2D eigenvalue weighted by Gasteiger charge is 2.14. The molecule has 0 aliphatic heterocycles. The Bertz CT molecular complexity index is 714. The summed E-state index contributed by atoms with van der Waals surface area (Å²) in [4.78, 5) is 6.38. The molecular formula is C21H29FN4O. The van der Waals surface area contributed by atoms with Crippen molar-refractivity contribution in [2.24, 2.45) is 4.99 Å². The van der Waals surface area contributed by atoms with Gasteiger partial charge < -0.3 is 20.3 Å². The Morgan fingerprint density at radius 3 is 2.30 bits per heavy atom. The summed E-state index contributed by atoms with van der Waals surface area (Å²) >= 11 is 0. The average Bonchev–Trinajstić information content (AvgIpc) is 2.68. The van der Waals surface area contributed by atoms with E-state index < -0.39 is 0 Å². The molecule has 0 spiro atoms. The van der Waals surface area contributed by atoms with Crippen molar-refractivity contribution in [1.29, 1.82) is 0 Å². The number of ether oxygens (including phenoxy) is 1. The molecule has 1 unspecified atom stereocenters. The minimum atomic E-state index is -0.222. The topological polar surface area (TPSA) is 48.9 Å². The van der Waals surface area contributed by atoms with Crippen LogP contribution in [-0.2, 0) is 6.42 Å². The summed E-state index contributed by atoms with van der Waals surface area (Å²) in [7, 11) is 7.44. The molecule has 0 fully saturated rings. The maximum absolute atomic E-state index is 13.2. The first-order chi connectivity index (χ1) is 13.0. The Balaban J connectivity index is 1.84. The highest BCUT2D eigenvalue weighted by Crippen LogP contribution is 2.17. The van der Waals surface area contributed by atoms with Gasteiger partial charge in [-0.05, 0) is 55.9 Å². The van der Waals surface area contributed by atoms with Gasteiger partial charge in [-0.3, -0.25) is 4.99 Å². The summed E-state index contributed by atoms with van der Waals surface area (Å²) in [5.41, 5.74) is 2.29. The molecule has 0 aliphatic rings. The van der Waals surface area contributed by atoms with Crippen molar-refractivity contribution in [2.45, 2.75) is 12.5 Å². The molecule has 0 aliphatic carbocycles. The SMILES string of the molecule is CN=C(NCCc1ccc(OC)cc1)NCC(c1ccc(F)cc1)N(C)C. The Hall–Kier alpha value is -2.60. The minimum Gasteiger partial charge on any atom is -0.497 e. The third kappa shape index (κ3) is 6.57. The molecule has 0 bridgehead atoms. The summed E-state index contributed by atoms with van der Waals surface area (Å²) in [6, 6.07) is 14.8. The van der Waals surface area contributed by atoms with Crippen LogP contribution in [0.25, 0.3) is 0 Å². The van der Waals surface area contributed by atoms with E-state index in [9.17, 15) is 4.39 Å². The second-order valence-electron chi connectivity index (χ2n) is 6.51. The lowest BCUT2D eigenvalue weighted by Crippen LogP contribution is -2.42. The van der Waals surface area contributed by atoms with Gasteiger partial charge >= 0.3 is 0 Å². The van der Waals surface area contributed by atoms with Gasteiger partial charge in [-0.15, -0.1) is 0 Å². The molecule has 0 amide bonds. The fraction of sp³-hybridized carbons (Fsp3) is 0.381. The molecule has 0 radical (unpaired) electrons. The van der Waals surface area contributed by atoms with E-state index in [1.807, 2.05) is 38.4 Å². The van der Waals surface area contributed by atoms with Crippen LogP contribution in [-0.4, -0.2) is 52.2 Å². The molecule has 5 nitrogen and oxygen atoms in total. The van der Waals surface area contributed by atoms with Crippen molar-refractivity contribution in [3.8, 4) is 5.75 Å². The Labute approximate surface area is 161 Å². The molecule has 146 valence electrons. The lowest BCUT2D eigenvalue weighted by Gasteiger charge is -2.26. The number of hydrogen-bond donors (Lipinski definition) is 2. The number of aliphatic imine (C=N–C) groups is 1. The summed E-state index contributed by atoms with van der Waals surface area (Å²) in [5, 5.41) is 6.68. The van der Waals surface area contributed by atoms with Gasteiger partial charge in [-0.1, -0.05) is 24.3 Å². The number of guanidine groups is 1. The number of halogens is 1. The number of rotatable bonds is 8. The maximum Gasteiger partial charge on any atom is 0.191 e. The number of methoxy groups -OCH3 is 1. The molecule has 2 rings (SSSR count). The largest absolute Gasteiger partial charge is 0.497 e. The van der Waals surface area contributed by atoms with Crippen molar-refractivity contribution in [2.75, 3.05) is 41.3 Å². The molecule has 27 heavy (non-hydrogen) atoms. The van der Waals surface area contributed by atoms with Crippen LogP contribution < -0.4 is 15.4 Å². The molecular weight excluding hydrogens is 343 g/mol. The summed E-state index contributed by atoms with van der Waals surface area (Å²) in [5.74, 6) is 1.39. The number of nitrogens with one attached hydrogen (secondary N) is 2. The highest BCUT2D eigenvalue weighted by atomic mass is 19.1. The van der Waals surface area contributed by atoms with Gasteiger partial charge in [0.05, 0.1) is 13.2 Å². The van der Waals surface area contributed by atoms with Crippen LogP contribution in [0, 0.1) is 5.82 Å². The van der Waals surface area contributed by atoms with Crippen LogP contribution in [0.15, 0.2) is 53.5 Å². The molecule has 2 aromatic rings. The summed E-state index contributed by atoms with van der Waals surface area (Å²) < 4.78 is 18.4. The van der Waals surface area contributed by atoms with Gasteiger partial charge in [0.15, 0.2) is 5.96 Å². The van der Waals surface area contributed by atoms with E-state index in [4.69, 9.17) is 4.74 Å². The van der Waals surface area contributed by atoms with Crippen LogP contribution in [0.4, 0.5) is 4.39 Å². The first-order valence-electron chi connectivity index (χ1n) is 9.03. The predicted molar refractivity (Wildman–Crippen MR) is 109 cm³/mol. The van der Waals surface area contributed by atoms with E-state index in [1.165, 1.54) is 17.7 Å². The number of likely N-dealkylation sites (N-methyl/N-ethyl adjacent to an activating group) is 1. The lowest BCUT2D eigenvalue weighted by atomic mass is 10.1. The number of nitrogens with zero attached hydrogens (tertiary/aromatic N) is 2. The summed E-state index contributed by atoms with van der Waals surface area (Å²) in [6.45, 7) is 1.44. The van der Waals surface area contributed by atoms with Gasteiger partial charge in [0.25, 0.3) is 0 Å². The zero-order valence-corrected chi connectivity index (χ0v) is 16.5. The van der Waals surface area contributed by atoms with E-state index in [0.717, 1.165) is 30.2 Å². The second kappa shape index (κ2) is 10.5. The molecule has 2 aromatic carbocycles. The molecule has 0 saturated heterocycles. The molecule has 1 atom stereocenters. The fourth-order valence-electron chi connectivity index (χ4n) is 2.81. The van der Waals surface area contributed by atoms with Crippen LogP contribution in [0.3, 0.4) is 0 Å². The first-order valence-corrected chi connectivity index (χ1v) is 9.03. The quantitative estimate of drug-likeness (QED) is 0.553. The normalized spacial score (nSPS) is 12.7. The number of hydrogen-bond acceptors (Lipinski definition) is 3. The molecule has 0 heterocycles. The van der Waals surface area contributed by atoms with Gasteiger partial charge in [0.2, 0.25) is 0 Å². The summed E-state index contributed by atoms with van der Waals surface area (Å²) in [6.07, 6.45) is 0.889. The Kier molecular flexibility index (Phi) is 8.07. The Morgan fingerprint density at radius 2 is 1.74 bits per heavy atom. The first kappa shape index (κ1) is 20.7. The van der Waals surface area contributed by atoms with E-state index in [0.29, 0.717) is 6.54 Å². The van der Waals surface area contributed by atoms with Crippen molar-refractivity contribution < 1.29 is 9.13 Å². The van der Waals surface area contributed by atoms with Crippen molar-refractivity contribution in [1.82, 2.24) is 15.5 Å². The minimum absolute atomic E-state index is 0.116. The van der Waals surface area contributed by atoms with E-state index in [2.05, 4.69) is 32.7 Å². The third-order valence-electron chi connectivity index (χ3n) is 4.43. The monoisotopic (exact) mass is 372 g/mol. The van der Waals surface area contributed by atoms with Crippen molar-refractivity contribution in [3.05, 3.63) is 65.5 Å². The van der Waals surface area contributed by atoms with E-state index in [1.54, 1.807) is 14.2 Å². The zero-order chi connectivity index (χ0) is 19.6. The highest BCUT2D eigenvalue weighted by molar-refractivity contribution is 5.79. The fourth-order valence-corrected chi connectivity index (χ4v) is 2.81.